The Morgan fingerprint density at radius 2 is 1.87 bits per heavy atom. The number of methoxy groups -OCH3 is 1. The second-order valence-corrected chi connectivity index (χ2v) is 7.13. The number of aromatic nitrogens is 1. The number of carbonyl (C=O) groups excluding carboxylic acids is 3. The lowest BCUT2D eigenvalue weighted by Crippen LogP contribution is -2.25. The highest BCUT2D eigenvalue weighted by molar-refractivity contribution is 6.03. The van der Waals surface area contributed by atoms with E-state index in [0.29, 0.717) is 17.4 Å². The van der Waals surface area contributed by atoms with E-state index in [0.717, 1.165) is 5.56 Å². The van der Waals surface area contributed by atoms with Crippen LogP contribution < -0.4 is 5.32 Å². The molecule has 9 nitrogen and oxygen atoms in total. The monoisotopic (exact) mass is 420 g/mol. The Morgan fingerprint density at radius 1 is 1.16 bits per heavy atom. The van der Waals surface area contributed by atoms with Gasteiger partial charge in [0.15, 0.2) is 5.69 Å². The zero-order valence-corrected chi connectivity index (χ0v) is 16.7. The molecular weight excluding hydrogens is 400 g/mol. The van der Waals surface area contributed by atoms with E-state index in [-0.39, 0.29) is 24.0 Å². The first-order chi connectivity index (χ1) is 15.0. The van der Waals surface area contributed by atoms with Crippen LogP contribution in [0.4, 0.5) is 5.69 Å². The van der Waals surface area contributed by atoms with Gasteiger partial charge in [0.1, 0.15) is 12.5 Å². The van der Waals surface area contributed by atoms with Crippen molar-refractivity contribution in [2.45, 2.75) is 12.5 Å². The third kappa shape index (κ3) is 3.77. The molecule has 0 spiro atoms. The van der Waals surface area contributed by atoms with Crippen LogP contribution in [0.2, 0.25) is 0 Å². The molecule has 2 N–H and O–H groups in total. The first-order valence-electron chi connectivity index (χ1n) is 9.66. The zero-order chi connectivity index (χ0) is 22.0. The van der Waals surface area contributed by atoms with Crippen LogP contribution in [0, 0.1) is 5.92 Å². The van der Waals surface area contributed by atoms with Gasteiger partial charge in [0.05, 0.1) is 12.6 Å². The van der Waals surface area contributed by atoms with Crippen molar-refractivity contribution in [1.29, 1.82) is 0 Å². The topological polar surface area (TPSA) is 122 Å². The van der Waals surface area contributed by atoms with Crippen LogP contribution in [0.25, 0.3) is 10.9 Å². The number of para-hydroxylation sites is 1. The van der Waals surface area contributed by atoms with Crippen LogP contribution in [0.5, 0.6) is 5.88 Å². The van der Waals surface area contributed by atoms with E-state index in [2.05, 4.69) is 20.3 Å². The van der Waals surface area contributed by atoms with Gasteiger partial charge in [-0.15, -0.1) is 10.2 Å². The molecule has 0 unspecified atom stereocenters. The predicted octanol–water partition coefficient (Wildman–Crippen LogP) is 2.66. The number of fused-ring (bicyclic) bond motifs is 1. The third-order valence-corrected chi connectivity index (χ3v) is 5.36. The van der Waals surface area contributed by atoms with E-state index in [4.69, 9.17) is 0 Å². The van der Waals surface area contributed by atoms with Crippen LogP contribution in [0.1, 0.15) is 11.5 Å². The molecule has 2 atom stereocenters. The summed E-state index contributed by atoms with van der Waals surface area (Å²) in [6, 6.07) is 16.1. The summed E-state index contributed by atoms with van der Waals surface area (Å²) in [5, 5.41) is 21.6. The Balaban J connectivity index is 1.66. The van der Waals surface area contributed by atoms with Gasteiger partial charge in [-0.3, -0.25) is 19.0 Å². The number of aromatic hydroxyl groups is 1. The average Bonchev–Trinajstić information content (AvgIpc) is 3.30. The molecule has 0 aliphatic carbocycles. The number of nitrogens with one attached hydrogen (secondary N) is 1. The van der Waals surface area contributed by atoms with Gasteiger partial charge in [-0.1, -0.05) is 48.5 Å². The van der Waals surface area contributed by atoms with E-state index in [1.54, 1.807) is 24.3 Å². The molecule has 2 heterocycles. The number of azo groups is 1. The molecule has 1 saturated heterocycles. The lowest BCUT2D eigenvalue weighted by molar-refractivity contribution is -0.141. The smallest absolute Gasteiger partial charge is 0.325 e. The Labute approximate surface area is 177 Å². The maximum Gasteiger partial charge on any atom is 0.325 e. The van der Waals surface area contributed by atoms with Crippen molar-refractivity contribution in [1.82, 2.24) is 9.88 Å². The maximum atomic E-state index is 12.8. The second-order valence-electron chi connectivity index (χ2n) is 7.13. The Kier molecular flexibility index (Phi) is 5.48. The normalized spacial score (nSPS) is 18.4. The number of hydrogen-bond acceptors (Lipinski definition) is 6. The molecule has 0 saturated carbocycles. The summed E-state index contributed by atoms with van der Waals surface area (Å²) in [5.74, 6) is -3.34. The molecule has 2 aromatic carbocycles. The fraction of sp³-hybridized carbons (Fsp3) is 0.227. The Hall–Kier alpha value is -4.01. The number of ether oxygens (including phenoxy) is 1. The largest absolute Gasteiger partial charge is 0.493 e. The number of benzene rings is 2. The molecule has 1 aromatic heterocycles. The summed E-state index contributed by atoms with van der Waals surface area (Å²) in [6.07, 6.45) is 0. The number of carbonyl (C=O) groups is 3. The zero-order valence-electron chi connectivity index (χ0n) is 16.7. The van der Waals surface area contributed by atoms with E-state index in [1.807, 2.05) is 30.3 Å². The molecule has 1 aliphatic rings. The van der Waals surface area contributed by atoms with Gasteiger partial charge in [-0.25, -0.2) is 0 Å². The van der Waals surface area contributed by atoms with E-state index in [9.17, 15) is 19.5 Å². The molecule has 1 aliphatic heterocycles. The molecule has 3 aromatic rings. The van der Waals surface area contributed by atoms with Crippen molar-refractivity contribution in [3.8, 4) is 5.88 Å². The van der Waals surface area contributed by atoms with E-state index >= 15 is 0 Å². The first-order valence-corrected chi connectivity index (χ1v) is 9.66. The quantitative estimate of drug-likeness (QED) is 0.373. The summed E-state index contributed by atoms with van der Waals surface area (Å²) >= 11 is 0. The summed E-state index contributed by atoms with van der Waals surface area (Å²) in [4.78, 5) is 36.8. The summed E-state index contributed by atoms with van der Waals surface area (Å²) in [7, 11) is 1.25. The minimum Gasteiger partial charge on any atom is -0.493 e. The average molecular weight is 420 g/mol. The van der Waals surface area contributed by atoms with Gasteiger partial charge in [0.2, 0.25) is 11.8 Å². The van der Waals surface area contributed by atoms with Crippen molar-refractivity contribution < 1.29 is 24.2 Å². The van der Waals surface area contributed by atoms with Gasteiger partial charge < -0.3 is 15.2 Å². The maximum absolute atomic E-state index is 12.8. The minimum atomic E-state index is -1.00. The highest BCUT2D eigenvalue weighted by Gasteiger charge is 2.41. The predicted molar refractivity (Wildman–Crippen MR) is 111 cm³/mol. The first kappa shape index (κ1) is 20.3. The van der Waals surface area contributed by atoms with Crippen molar-refractivity contribution >= 4 is 34.4 Å². The lowest BCUT2D eigenvalue weighted by Gasteiger charge is -2.13. The Morgan fingerprint density at radius 3 is 2.61 bits per heavy atom. The molecular formula is C22H20N4O5. The van der Waals surface area contributed by atoms with Gasteiger partial charge >= 0.3 is 5.97 Å². The second kappa shape index (κ2) is 8.39. The van der Waals surface area contributed by atoms with Crippen LogP contribution in [-0.4, -0.2) is 41.1 Å². The summed E-state index contributed by atoms with van der Waals surface area (Å²) < 4.78 is 6.00. The highest BCUT2D eigenvalue weighted by atomic mass is 16.5. The van der Waals surface area contributed by atoms with Crippen LogP contribution in [0.15, 0.2) is 64.8 Å². The lowest BCUT2D eigenvalue weighted by atomic mass is 9.88. The van der Waals surface area contributed by atoms with Crippen molar-refractivity contribution in [3.63, 3.8) is 0 Å². The van der Waals surface area contributed by atoms with Crippen LogP contribution >= 0.6 is 0 Å². The minimum absolute atomic E-state index is 0.0440. The standard InChI is InChI=1S/C22H20N4O5/c1-31-17(27)12-26-16-10-6-5-9-14(16)19(22(26)30)24-25-21(29)18-15(11-23-20(18)28)13-7-3-2-4-8-13/h2-10,15,18,30H,11-12H2,1H3,(H,23,28)/t15-,18+/m1/s1. The van der Waals surface area contributed by atoms with Crippen molar-refractivity contribution in [2.24, 2.45) is 16.1 Å². The van der Waals surface area contributed by atoms with Crippen LogP contribution in [-0.2, 0) is 25.7 Å². The molecule has 158 valence electrons. The number of esters is 1. The Bertz CT molecular complexity index is 1190. The molecule has 4 rings (SSSR count). The SMILES string of the molecule is COC(=O)Cn1c(O)c(N=NC(=O)[C@@H]2C(=O)NC[C@@H]2c2ccccc2)c2ccccc21. The molecule has 0 bridgehead atoms. The van der Waals surface area contributed by atoms with E-state index in [1.165, 1.54) is 11.7 Å². The fourth-order valence-corrected chi connectivity index (χ4v) is 3.80. The molecule has 1 fully saturated rings. The van der Waals surface area contributed by atoms with Crippen molar-refractivity contribution in [2.75, 3.05) is 13.7 Å². The van der Waals surface area contributed by atoms with Crippen LogP contribution in [0.3, 0.4) is 0 Å². The number of amides is 2. The molecule has 9 heteroatoms. The van der Waals surface area contributed by atoms with E-state index < -0.39 is 23.7 Å². The van der Waals surface area contributed by atoms with Crippen molar-refractivity contribution in [3.05, 3.63) is 60.2 Å². The van der Waals surface area contributed by atoms with Gasteiger partial charge in [0, 0.05) is 17.8 Å². The summed E-state index contributed by atoms with van der Waals surface area (Å²) in [5.41, 5.74) is 1.43. The van der Waals surface area contributed by atoms with Gasteiger partial charge in [-0.05, 0) is 11.6 Å². The number of hydrogen-bond donors (Lipinski definition) is 2. The fourth-order valence-electron chi connectivity index (χ4n) is 3.80. The summed E-state index contributed by atoms with van der Waals surface area (Å²) in [6.45, 7) is 0.103. The molecule has 0 radical (unpaired) electrons. The molecule has 2 amide bonds. The highest BCUT2D eigenvalue weighted by Crippen LogP contribution is 2.39. The third-order valence-electron chi connectivity index (χ3n) is 5.36. The molecule has 31 heavy (non-hydrogen) atoms. The van der Waals surface area contributed by atoms with Gasteiger partial charge in [-0.2, -0.15) is 0 Å². The number of rotatable bonds is 5. The number of nitrogens with zero attached hydrogens (tertiary/aromatic N) is 3. The van der Waals surface area contributed by atoms with Gasteiger partial charge in [0.25, 0.3) is 5.91 Å².